The predicted molar refractivity (Wildman–Crippen MR) is 81.8 cm³/mol. The first-order chi connectivity index (χ1) is 9.43. The molecule has 0 aromatic heterocycles. The van der Waals surface area contributed by atoms with E-state index in [9.17, 15) is 9.90 Å². The molecule has 0 heterocycles. The van der Waals surface area contributed by atoms with E-state index in [1.807, 2.05) is 19.1 Å². The Morgan fingerprint density at radius 3 is 2.55 bits per heavy atom. The molecule has 1 aromatic carbocycles. The van der Waals surface area contributed by atoms with Crippen LogP contribution in [0.5, 0.6) is 5.75 Å². The lowest BCUT2D eigenvalue weighted by atomic mass is 9.77. The van der Waals surface area contributed by atoms with Gasteiger partial charge < -0.3 is 10.4 Å². The van der Waals surface area contributed by atoms with Gasteiger partial charge in [-0.2, -0.15) is 0 Å². The van der Waals surface area contributed by atoms with Crippen LogP contribution in [0, 0.1) is 18.3 Å². The van der Waals surface area contributed by atoms with Crippen LogP contribution in [-0.2, 0) is 4.79 Å². The van der Waals surface area contributed by atoms with Crippen LogP contribution < -0.4 is 5.32 Å². The van der Waals surface area contributed by atoms with E-state index in [2.05, 4.69) is 19.2 Å². The molecule has 0 spiro atoms. The largest absolute Gasteiger partial charge is 0.508 e. The quantitative estimate of drug-likeness (QED) is 0.863. The molecule has 2 N–H and O–H groups in total. The molecule has 0 saturated heterocycles. The summed E-state index contributed by atoms with van der Waals surface area (Å²) < 4.78 is 0. The summed E-state index contributed by atoms with van der Waals surface area (Å²) in [6.07, 6.45) is 5.18. The lowest BCUT2D eigenvalue weighted by Crippen LogP contribution is -2.35. The summed E-state index contributed by atoms with van der Waals surface area (Å²) in [5, 5.41) is 12.7. The van der Waals surface area contributed by atoms with Gasteiger partial charge in [-0.3, -0.25) is 4.79 Å². The van der Waals surface area contributed by atoms with Crippen LogP contribution in [0.2, 0.25) is 0 Å². The van der Waals surface area contributed by atoms with Crippen LogP contribution in [0.25, 0.3) is 0 Å². The fourth-order valence-electron chi connectivity index (χ4n) is 3.31. The third kappa shape index (κ3) is 3.14. The Kier molecular flexibility index (Phi) is 4.36. The van der Waals surface area contributed by atoms with Gasteiger partial charge in [0.05, 0.1) is 0 Å². The van der Waals surface area contributed by atoms with E-state index in [0.717, 1.165) is 37.7 Å². The smallest absolute Gasteiger partial charge is 0.230 e. The number of amides is 1. The number of aromatic hydroxyl groups is 1. The van der Waals surface area contributed by atoms with E-state index in [1.54, 1.807) is 6.07 Å². The average Bonchev–Trinajstić information content (AvgIpc) is 2.83. The number of nitrogens with one attached hydrogen (secondary N) is 1. The van der Waals surface area contributed by atoms with E-state index in [-0.39, 0.29) is 17.1 Å². The maximum absolute atomic E-state index is 12.7. The predicted octanol–water partition coefficient (Wildman–Crippen LogP) is 4.25. The molecule has 0 bridgehead atoms. The highest BCUT2D eigenvalue weighted by molar-refractivity contribution is 5.95. The molecular formula is C17H25NO2. The van der Waals surface area contributed by atoms with Crippen molar-refractivity contribution in [2.45, 2.75) is 52.9 Å². The Morgan fingerprint density at radius 1 is 1.35 bits per heavy atom. The Morgan fingerprint density at radius 2 is 2.00 bits per heavy atom. The number of anilines is 1. The highest BCUT2D eigenvalue weighted by Gasteiger charge is 2.41. The summed E-state index contributed by atoms with van der Waals surface area (Å²) in [5.74, 6) is 0.865. The summed E-state index contributed by atoms with van der Waals surface area (Å²) in [6, 6.07) is 5.31. The molecular weight excluding hydrogens is 250 g/mol. The van der Waals surface area contributed by atoms with Gasteiger partial charge >= 0.3 is 0 Å². The normalized spacial score (nSPS) is 17.4. The lowest BCUT2D eigenvalue weighted by Gasteiger charge is -2.29. The van der Waals surface area contributed by atoms with Gasteiger partial charge in [-0.05, 0) is 43.7 Å². The maximum Gasteiger partial charge on any atom is 0.230 e. The van der Waals surface area contributed by atoms with Crippen LogP contribution in [-0.4, -0.2) is 11.0 Å². The van der Waals surface area contributed by atoms with Gasteiger partial charge in [0.2, 0.25) is 5.91 Å². The highest BCUT2D eigenvalue weighted by Crippen LogP contribution is 2.44. The molecule has 1 aliphatic rings. The molecule has 0 aliphatic heterocycles. The molecule has 1 saturated carbocycles. The van der Waals surface area contributed by atoms with E-state index in [4.69, 9.17) is 0 Å². The molecule has 1 aliphatic carbocycles. The molecule has 1 fully saturated rings. The standard InChI is InChI=1S/C17H25NO2/c1-12(2)11-17(8-4-5-9-17)16(20)18-14-7-6-13(3)15(19)10-14/h6-7,10,12,19H,4-5,8-9,11H2,1-3H3,(H,18,20). The number of phenolic OH excluding ortho intramolecular Hbond substituents is 1. The van der Waals surface area contributed by atoms with Gasteiger partial charge in [-0.1, -0.05) is 32.8 Å². The first-order valence-electron chi connectivity index (χ1n) is 7.54. The fraction of sp³-hybridized carbons (Fsp3) is 0.588. The summed E-state index contributed by atoms with van der Waals surface area (Å²) in [6.45, 7) is 6.19. The van der Waals surface area contributed by atoms with Crippen LogP contribution in [0.15, 0.2) is 18.2 Å². The monoisotopic (exact) mass is 275 g/mol. The number of phenols is 1. The minimum Gasteiger partial charge on any atom is -0.508 e. The maximum atomic E-state index is 12.7. The number of hydrogen-bond donors (Lipinski definition) is 2. The van der Waals surface area contributed by atoms with Crippen molar-refractivity contribution >= 4 is 11.6 Å². The molecule has 1 aromatic rings. The second-order valence-electron chi connectivity index (χ2n) is 6.54. The zero-order valence-corrected chi connectivity index (χ0v) is 12.7. The van der Waals surface area contributed by atoms with Gasteiger partial charge in [-0.25, -0.2) is 0 Å². The number of benzene rings is 1. The third-order valence-electron chi connectivity index (χ3n) is 4.31. The van der Waals surface area contributed by atoms with Crippen molar-refractivity contribution in [1.82, 2.24) is 0 Å². The second-order valence-corrected chi connectivity index (χ2v) is 6.54. The molecule has 0 radical (unpaired) electrons. The highest BCUT2D eigenvalue weighted by atomic mass is 16.3. The number of carbonyl (C=O) groups is 1. The summed E-state index contributed by atoms with van der Waals surface area (Å²) in [4.78, 5) is 12.7. The average molecular weight is 275 g/mol. The number of hydrogen-bond acceptors (Lipinski definition) is 2. The van der Waals surface area contributed by atoms with Crippen molar-refractivity contribution in [2.24, 2.45) is 11.3 Å². The van der Waals surface area contributed by atoms with Crippen LogP contribution >= 0.6 is 0 Å². The first-order valence-corrected chi connectivity index (χ1v) is 7.54. The van der Waals surface area contributed by atoms with Crippen molar-refractivity contribution in [3.05, 3.63) is 23.8 Å². The van der Waals surface area contributed by atoms with Gasteiger partial charge in [0.15, 0.2) is 0 Å². The molecule has 0 unspecified atom stereocenters. The molecule has 110 valence electrons. The molecule has 3 heteroatoms. The first kappa shape index (κ1) is 14.9. The Balaban J connectivity index is 2.14. The van der Waals surface area contributed by atoms with Crippen molar-refractivity contribution in [1.29, 1.82) is 0 Å². The zero-order valence-electron chi connectivity index (χ0n) is 12.7. The Labute approximate surface area is 121 Å². The fourth-order valence-corrected chi connectivity index (χ4v) is 3.31. The lowest BCUT2D eigenvalue weighted by molar-refractivity contribution is -0.126. The number of aryl methyl sites for hydroxylation is 1. The van der Waals surface area contributed by atoms with Crippen LogP contribution in [0.4, 0.5) is 5.69 Å². The van der Waals surface area contributed by atoms with Crippen LogP contribution in [0.1, 0.15) is 51.5 Å². The van der Waals surface area contributed by atoms with E-state index in [0.29, 0.717) is 11.6 Å². The molecule has 2 rings (SSSR count). The number of carbonyl (C=O) groups excluding carboxylic acids is 1. The molecule has 20 heavy (non-hydrogen) atoms. The SMILES string of the molecule is Cc1ccc(NC(=O)C2(CC(C)C)CCCC2)cc1O. The topological polar surface area (TPSA) is 49.3 Å². The van der Waals surface area contributed by atoms with Gasteiger partial charge in [0, 0.05) is 17.2 Å². The van der Waals surface area contributed by atoms with Crippen molar-refractivity contribution in [2.75, 3.05) is 5.32 Å². The minimum atomic E-state index is -0.214. The zero-order chi connectivity index (χ0) is 14.8. The van der Waals surface area contributed by atoms with Crippen molar-refractivity contribution in [3.8, 4) is 5.75 Å². The van der Waals surface area contributed by atoms with E-state index >= 15 is 0 Å². The molecule has 3 nitrogen and oxygen atoms in total. The summed E-state index contributed by atoms with van der Waals surface area (Å²) >= 11 is 0. The Hall–Kier alpha value is -1.51. The van der Waals surface area contributed by atoms with Crippen molar-refractivity contribution < 1.29 is 9.90 Å². The third-order valence-corrected chi connectivity index (χ3v) is 4.31. The molecule has 1 amide bonds. The van der Waals surface area contributed by atoms with Crippen LogP contribution in [0.3, 0.4) is 0 Å². The van der Waals surface area contributed by atoms with Crippen molar-refractivity contribution in [3.63, 3.8) is 0 Å². The summed E-state index contributed by atoms with van der Waals surface area (Å²) in [5.41, 5.74) is 1.29. The number of rotatable bonds is 4. The van der Waals surface area contributed by atoms with Gasteiger partial charge in [0.25, 0.3) is 0 Å². The Bertz CT molecular complexity index is 488. The van der Waals surface area contributed by atoms with Gasteiger partial charge in [0.1, 0.15) is 5.75 Å². The van der Waals surface area contributed by atoms with Gasteiger partial charge in [-0.15, -0.1) is 0 Å². The minimum absolute atomic E-state index is 0.118. The second kappa shape index (κ2) is 5.86. The molecule has 0 atom stereocenters. The summed E-state index contributed by atoms with van der Waals surface area (Å²) in [7, 11) is 0. The van der Waals surface area contributed by atoms with E-state index < -0.39 is 0 Å². The van der Waals surface area contributed by atoms with E-state index in [1.165, 1.54) is 0 Å².